The third kappa shape index (κ3) is 0.625. The largest absolute Gasteiger partial charge is 0.0622 e. The van der Waals surface area contributed by atoms with Crippen LogP contribution in [0.4, 0.5) is 0 Å². The third-order valence-electron chi connectivity index (χ3n) is 5.44. The van der Waals surface area contributed by atoms with Crippen molar-refractivity contribution in [2.24, 2.45) is 22.7 Å². The molecule has 3 aliphatic rings. The minimum Gasteiger partial charge on any atom is -0.0622 e. The maximum Gasteiger partial charge on any atom is -0.0240 e. The molecule has 0 aromatic carbocycles. The van der Waals surface area contributed by atoms with Crippen molar-refractivity contribution < 1.29 is 0 Å². The Bertz CT molecular complexity index is 214. The summed E-state index contributed by atoms with van der Waals surface area (Å²) in [7, 11) is 0. The van der Waals surface area contributed by atoms with E-state index in [0.29, 0.717) is 0 Å². The minimum atomic E-state index is 0.818. The summed E-state index contributed by atoms with van der Waals surface area (Å²) < 4.78 is 0. The van der Waals surface area contributed by atoms with Gasteiger partial charge in [0.15, 0.2) is 0 Å². The summed E-state index contributed by atoms with van der Waals surface area (Å²) in [5.41, 5.74) is 1.72. The van der Waals surface area contributed by atoms with Crippen LogP contribution in [-0.2, 0) is 0 Å². The van der Waals surface area contributed by atoms with E-state index in [1.54, 1.807) is 32.1 Å². The van der Waals surface area contributed by atoms with Crippen molar-refractivity contribution in [2.45, 2.75) is 52.4 Å². The lowest BCUT2D eigenvalue weighted by atomic mass is 9.68. The van der Waals surface area contributed by atoms with Gasteiger partial charge in [0.2, 0.25) is 0 Å². The van der Waals surface area contributed by atoms with Crippen LogP contribution >= 0.6 is 0 Å². The zero-order valence-corrected chi connectivity index (χ0v) is 8.40. The summed E-state index contributed by atoms with van der Waals surface area (Å²) in [6.45, 7) is 4.92. The summed E-state index contributed by atoms with van der Waals surface area (Å²) in [5.74, 6) is 2.12. The first kappa shape index (κ1) is 7.41. The van der Waals surface area contributed by atoms with Crippen LogP contribution in [-0.4, -0.2) is 0 Å². The highest BCUT2D eigenvalue weighted by Gasteiger charge is 2.69. The van der Waals surface area contributed by atoms with Crippen LogP contribution in [0, 0.1) is 22.7 Å². The van der Waals surface area contributed by atoms with E-state index in [-0.39, 0.29) is 0 Å². The van der Waals surface area contributed by atoms with Crippen molar-refractivity contribution in [2.75, 3.05) is 0 Å². The Kier molecular flexibility index (Phi) is 1.18. The quantitative estimate of drug-likeness (QED) is 0.555. The molecular weight excluding hydrogens is 144 g/mol. The van der Waals surface area contributed by atoms with E-state index in [1.165, 1.54) is 12.3 Å². The van der Waals surface area contributed by atoms with Gasteiger partial charge in [0, 0.05) is 0 Å². The average molecular weight is 164 g/mol. The molecule has 0 heterocycles. The maximum absolute atomic E-state index is 2.46. The van der Waals surface area contributed by atoms with Crippen LogP contribution in [0.15, 0.2) is 0 Å². The predicted octanol–water partition coefficient (Wildman–Crippen LogP) is 3.61. The smallest absolute Gasteiger partial charge is 0.0240 e. The Morgan fingerprint density at radius 1 is 1.08 bits per heavy atom. The molecule has 0 aromatic heterocycles. The Morgan fingerprint density at radius 2 is 1.92 bits per heavy atom. The summed E-state index contributed by atoms with van der Waals surface area (Å²) in [5, 5.41) is 0. The van der Waals surface area contributed by atoms with Gasteiger partial charge in [0.25, 0.3) is 0 Å². The first-order valence-electron chi connectivity index (χ1n) is 5.70. The Morgan fingerprint density at radius 3 is 2.50 bits per heavy atom. The molecule has 3 rings (SSSR count). The maximum atomic E-state index is 2.46. The molecule has 0 N–H and O–H groups in total. The summed E-state index contributed by atoms with van der Waals surface area (Å²) >= 11 is 0. The van der Waals surface area contributed by atoms with Crippen molar-refractivity contribution in [3.05, 3.63) is 0 Å². The lowest BCUT2D eigenvalue weighted by Gasteiger charge is -2.37. The monoisotopic (exact) mass is 164 g/mol. The van der Waals surface area contributed by atoms with Gasteiger partial charge in [-0.2, -0.15) is 0 Å². The van der Waals surface area contributed by atoms with Crippen molar-refractivity contribution in [1.82, 2.24) is 0 Å². The van der Waals surface area contributed by atoms with Crippen molar-refractivity contribution in [3.63, 3.8) is 0 Å². The van der Waals surface area contributed by atoms with Crippen LogP contribution < -0.4 is 0 Å². The molecule has 12 heavy (non-hydrogen) atoms. The second-order valence-corrected chi connectivity index (χ2v) is 5.86. The molecule has 0 aliphatic heterocycles. The molecule has 3 atom stereocenters. The van der Waals surface area contributed by atoms with E-state index in [0.717, 1.165) is 16.7 Å². The number of hydrogen-bond donors (Lipinski definition) is 0. The van der Waals surface area contributed by atoms with Crippen LogP contribution in [0.3, 0.4) is 0 Å². The fourth-order valence-electron chi connectivity index (χ4n) is 4.54. The van der Waals surface area contributed by atoms with Crippen molar-refractivity contribution in [1.29, 1.82) is 0 Å². The molecule has 68 valence electrons. The second kappa shape index (κ2) is 1.91. The summed E-state index contributed by atoms with van der Waals surface area (Å²) in [6, 6.07) is 0. The SMILES string of the molecule is CC(C)C12CCCC3(CC1)CC32. The highest BCUT2D eigenvalue weighted by atomic mass is 14.7. The lowest BCUT2D eigenvalue weighted by molar-refractivity contribution is 0.121. The fraction of sp³-hybridized carbons (Fsp3) is 1.00. The Balaban J connectivity index is 1.97. The molecule has 0 saturated heterocycles. The molecule has 0 spiro atoms. The summed E-state index contributed by atoms with van der Waals surface area (Å²) in [4.78, 5) is 0. The van der Waals surface area contributed by atoms with Gasteiger partial charge in [0.1, 0.15) is 0 Å². The third-order valence-corrected chi connectivity index (χ3v) is 5.44. The highest BCUT2D eigenvalue weighted by Crippen LogP contribution is 2.78. The molecule has 0 aromatic rings. The van der Waals surface area contributed by atoms with Crippen molar-refractivity contribution in [3.8, 4) is 0 Å². The molecule has 0 nitrogen and oxygen atoms in total. The predicted molar refractivity (Wildman–Crippen MR) is 50.9 cm³/mol. The molecule has 3 saturated carbocycles. The van der Waals surface area contributed by atoms with Gasteiger partial charge < -0.3 is 0 Å². The van der Waals surface area contributed by atoms with Gasteiger partial charge in [0.05, 0.1) is 0 Å². The standard InChI is InChI=1S/C12H20/c1-9(2)12-5-3-4-11(6-7-12)8-10(11)12/h9-10H,3-8H2,1-2H3. The minimum absolute atomic E-state index is 0.818. The topological polar surface area (TPSA) is 0 Å². The lowest BCUT2D eigenvalue weighted by Crippen LogP contribution is -2.29. The molecule has 0 radical (unpaired) electrons. The zero-order valence-electron chi connectivity index (χ0n) is 8.40. The average Bonchev–Trinajstić information content (AvgIpc) is 2.74. The summed E-state index contributed by atoms with van der Waals surface area (Å²) in [6.07, 6.45) is 9.41. The van der Waals surface area contributed by atoms with Gasteiger partial charge in [-0.25, -0.2) is 0 Å². The van der Waals surface area contributed by atoms with E-state index in [2.05, 4.69) is 13.8 Å². The highest BCUT2D eigenvalue weighted by molar-refractivity contribution is 5.19. The van der Waals surface area contributed by atoms with Crippen LogP contribution in [0.5, 0.6) is 0 Å². The van der Waals surface area contributed by atoms with Gasteiger partial charge in [-0.3, -0.25) is 0 Å². The van der Waals surface area contributed by atoms with E-state index < -0.39 is 0 Å². The van der Waals surface area contributed by atoms with E-state index in [1.807, 2.05) is 0 Å². The Hall–Kier alpha value is 0. The molecule has 0 amide bonds. The van der Waals surface area contributed by atoms with E-state index >= 15 is 0 Å². The molecule has 3 unspecified atom stereocenters. The van der Waals surface area contributed by atoms with E-state index in [4.69, 9.17) is 0 Å². The fourth-order valence-corrected chi connectivity index (χ4v) is 4.54. The Labute approximate surface area is 75.7 Å². The van der Waals surface area contributed by atoms with Gasteiger partial charge in [-0.05, 0) is 54.8 Å². The molecule has 2 bridgehead atoms. The first-order chi connectivity index (χ1) is 5.70. The van der Waals surface area contributed by atoms with Crippen LogP contribution in [0.25, 0.3) is 0 Å². The molecular formula is C12H20. The first-order valence-corrected chi connectivity index (χ1v) is 5.70. The van der Waals surface area contributed by atoms with Crippen LogP contribution in [0.2, 0.25) is 0 Å². The normalized spacial score (nSPS) is 55.8. The number of hydrogen-bond acceptors (Lipinski definition) is 0. The molecule has 3 fully saturated rings. The van der Waals surface area contributed by atoms with Gasteiger partial charge >= 0.3 is 0 Å². The molecule has 3 aliphatic carbocycles. The van der Waals surface area contributed by atoms with Gasteiger partial charge in [-0.1, -0.05) is 20.3 Å². The van der Waals surface area contributed by atoms with E-state index in [9.17, 15) is 0 Å². The zero-order chi connectivity index (χ0) is 8.40. The number of rotatable bonds is 1. The second-order valence-electron chi connectivity index (χ2n) is 5.86. The van der Waals surface area contributed by atoms with Crippen LogP contribution in [0.1, 0.15) is 52.4 Å². The van der Waals surface area contributed by atoms with Gasteiger partial charge in [-0.15, -0.1) is 0 Å². The van der Waals surface area contributed by atoms with Crippen molar-refractivity contribution >= 4 is 0 Å². The molecule has 0 heteroatoms.